The van der Waals surface area contributed by atoms with Crippen molar-refractivity contribution in [1.29, 1.82) is 0 Å². The number of hydrogen-bond donors (Lipinski definition) is 2. The Morgan fingerprint density at radius 1 is 0.960 bits per heavy atom. The van der Waals surface area contributed by atoms with Gasteiger partial charge in [-0.3, -0.25) is 4.79 Å². The first-order chi connectivity index (χ1) is 12.0. The third-order valence-corrected chi connectivity index (χ3v) is 3.68. The van der Waals surface area contributed by atoms with Gasteiger partial charge in [0.2, 0.25) is 0 Å². The quantitative estimate of drug-likeness (QED) is 0.688. The zero-order valence-corrected chi connectivity index (χ0v) is 13.5. The summed E-state index contributed by atoms with van der Waals surface area (Å²) in [5.41, 5.74) is 0.818. The van der Waals surface area contributed by atoms with E-state index in [1.165, 1.54) is 18.3 Å². The number of hydrogen-bond acceptors (Lipinski definition) is 3. The molecule has 0 radical (unpaired) electrons. The first-order valence-corrected chi connectivity index (χ1v) is 7.65. The predicted molar refractivity (Wildman–Crippen MR) is 93.3 cm³/mol. The number of carbonyl (C=O) groups excluding carboxylic acids is 1. The van der Waals surface area contributed by atoms with E-state index in [0.717, 1.165) is 12.1 Å². The Morgan fingerprint density at radius 3 is 2.32 bits per heavy atom. The van der Waals surface area contributed by atoms with Gasteiger partial charge in [-0.1, -0.05) is 29.8 Å². The molecule has 3 rings (SSSR count). The van der Waals surface area contributed by atoms with Crippen molar-refractivity contribution in [2.75, 3.05) is 10.6 Å². The zero-order valence-electron chi connectivity index (χ0n) is 12.8. The summed E-state index contributed by atoms with van der Waals surface area (Å²) in [7, 11) is 0. The highest BCUT2D eigenvalue weighted by Crippen LogP contribution is 2.24. The van der Waals surface area contributed by atoms with E-state index >= 15 is 0 Å². The SMILES string of the molecule is O=C(Nc1c(F)cccc1F)c1ccc(Nc2ccccc2Cl)cn1. The first kappa shape index (κ1) is 16.9. The molecule has 1 aromatic heterocycles. The summed E-state index contributed by atoms with van der Waals surface area (Å²) in [5.74, 6) is -2.43. The lowest BCUT2D eigenvalue weighted by Gasteiger charge is -2.09. The van der Waals surface area contributed by atoms with Crippen LogP contribution >= 0.6 is 11.6 Å². The number of rotatable bonds is 4. The van der Waals surface area contributed by atoms with Crippen LogP contribution in [0.4, 0.5) is 25.8 Å². The van der Waals surface area contributed by atoms with Gasteiger partial charge in [0.05, 0.1) is 22.6 Å². The van der Waals surface area contributed by atoms with Gasteiger partial charge in [-0.15, -0.1) is 0 Å². The average molecular weight is 360 g/mol. The topological polar surface area (TPSA) is 54.0 Å². The number of anilines is 3. The van der Waals surface area contributed by atoms with Crippen LogP contribution in [0.5, 0.6) is 0 Å². The van der Waals surface area contributed by atoms with Crippen LogP contribution in [-0.4, -0.2) is 10.9 Å². The largest absolute Gasteiger partial charge is 0.353 e. The maximum Gasteiger partial charge on any atom is 0.274 e. The molecule has 1 heterocycles. The minimum atomic E-state index is -0.856. The van der Waals surface area contributed by atoms with E-state index in [9.17, 15) is 13.6 Å². The Labute approximate surface area is 147 Å². The minimum absolute atomic E-state index is 0.0207. The van der Waals surface area contributed by atoms with E-state index in [-0.39, 0.29) is 5.69 Å². The fourth-order valence-electron chi connectivity index (χ4n) is 2.12. The summed E-state index contributed by atoms with van der Waals surface area (Å²) in [4.78, 5) is 16.1. The van der Waals surface area contributed by atoms with Gasteiger partial charge in [-0.2, -0.15) is 0 Å². The lowest BCUT2D eigenvalue weighted by molar-refractivity contribution is 0.102. The van der Waals surface area contributed by atoms with Gasteiger partial charge in [0.1, 0.15) is 23.0 Å². The van der Waals surface area contributed by atoms with E-state index in [4.69, 9.17) is 11.6 Å². The van der Waals surface area contributed by atoms with Crippen molar-refractivity contribution in [1.82, 2.24) is 4.98 Å². The second kappa shape index (κ2) is 7.27. The van der Waals surface area contributed by atoms with E-state index in [2.05, 4.69) is 15.6 Å². The van der Waals surface area contributed by atoms with Crippen molar-refractivity contribution in [3.8, 4) is 0 Å². The van der Waals surface area contributed by atoms with Crippen molar-refractivity contribution in [2.45, 2.75) is 0 Å². The lowest BCUT2D eigenvalue weighted by Crippen LogP contribution is -2.15. The molecule has 0 unspecified atom stereocenters. The molecule has 0 aliphatic heterocycles. The van der Waals surface area contributed by atoms with Crippen molar-refractivity contribution in [3.05, 3.63) is 83.1 Å². The molecule has 4 nitrogen and oxygen atoms in total. The van der Waals surface area contributed by atoms with Gasteiger partial charge < -0.3 is 10.6 Å². The number of pyridine rings is 1. The maximum atomic E-state index is 13.6. The molecule has 0 fully saturated rings. The summed E-state index contributed by atoms with van der Waals surface area (Å²) in [6.07, 6.45) is 1.43. The van der Waals surface area contributed by atoms with Gasteiger partial charge in [0, 0.05) is 0 Å². The number of para-hydroxylation sites is 2. The molecule has 0 bridgehead atoms. The van der Waals surface area contributed by atoms with Crippen LogP contribution in [0.3, 0.4) is 0 Å². The fraction of sp³-hybridized carbons (Fsp3) is 0. The number of amides is 1. The van der Waals surface area contributed by atoms with Crippen LogP contribution in [0.25, 0.3) is 0 Å². The smallest absolute Gasteiger partial charge is 0.274 e. The molecule has 0 aliphatic carbocycles. The highest BCUT2D eigenvalue weighted by atomic mass is 35.5. The molecule has 126 valence electrons. The first-order valence-electron chi connectivity index (χ1n) is 7.27. The van der Waals surface area contributed by atoms with Crippen LogP contribution < -0.4 is 10.6 Å². The second-order valence-electron chi connectivity index (χ2n) is 5.09. The molecule has 3 aromatic rings. The molecule has 0 atom stereocenters. The second-order valence-corrected chi connectivity index (χ2v) is 5.49. The summed E-state index contributed by atoms with van der Waals surface area (Å²) in [5, 5.41) is 5.78. The number of carbonyl (C=O) groups is 1. The van der Waals surface area contributed by atoms with Crippen molar-refractivity contribution in [3.63, 3.8) is 0 Å². The van der Waals surface area contributed by atoms with E-state index in [1.807, 2.05) is 6.07 Å². The minimum Gasteiger partial charge on any atom is -0.353 e. The molecule has 1 amide bonds. The van der Waals surface area contributed by atoms with Gasteiger partial charge >= 0.3 is 0 Å². The number of nitrogens with one attached hydrogen (secondary N) is 2. The van der Waals surface area contributed by atoms with E-state index in [1.54, 1.807) is 24.3 Å². The molecule has 25 heavy (non-hydrogen) atoms. The molecule has 0 saturated carbocycles. The Bertz CT molecular complexity index is 896. The molecule has 2 aromatic carbocycles. The van der Waals surface area contributed by atoms with Crippen molar-refractivity contribution < 1.29 is 13.6 Å². The summed E-state index contributed by atoms with van der Waals surface area (Å²) >= 11 is 6.06. The van der Waals surface area contributed by atoms with Crippen molar-refractivity contribution >= 4 is 34.6 Å². The highest BCUT2D eigenvalue weighted by Gasteiger charge is 2.14. The maximum absolute atomic E-state index is 13.6. The fourth-order valence-corrected chi connectivity index (χ4v) is 2.30. The van der Waals surface area contributed by atoms with Crippen LogP contribution in [0, 0.1) is 11.6 Å². The van der Waals surface area contributed by atoms with Gasteiger partial charge in [-0.05, 0) is 36.4 Å². The van der Waals surface area contributed by atoms with Gasteiger partial charge in [-0.25, -0.2) is 13.8 Å². The Hall–Kier alpha value is -2.99. The molecule has 2 N–H and O–H groups in total. The predicted octanol–water partition coefficient (Wildman–Crippen LogP) is 5.01. The Kier molecular flexibility index (Phi) is 4.90. The third-order valence-electron chi connectivity index (χ3n) is 3.35. The molecule has 0 saturated heterocycles. The van der Waals surface area contributed by atoms with Gasteiger partial charge in [0.15, 0.2) is 0 Å². The highest BCUT2D eigenvalue weighted by molar-refractivity contribution is 6.33. The monoisotopic (exact) mass is 359 g/mol. The summed E-state index contributed by atoms with van der Waals surface area (Å²) in [6, 6.07) is 13.6. The zero-order chi connectivity index (χ0) is 17.8. The number of halogens is 3. The number of benzene rings is 2. The molecular formula is C18H12ClF2N3O. The van der Waals surface area contributed by atoms with Crippen LogP contribution in [0.15, 0.2) is 60.8 Å². The number of aromatic nitrogens is 1. The van der Waals surface area contributed by atoms with Crippen LogP contribution in [0.1, 0.15) is 10.5 Å². The molecule has 0 aliphatic rings. The molecule has 7 heteroatoms. The normalized spacial score (nSPS) is 10.4. The average Bonchev–Trinajstić information content (AvgIpc) is 2.61. The Balaban J connectivity index is 1.74. The molecular weight excluding hydrogens is 348 g/mol. The van der Waals surface area contributed by atoms with Gasteiger partial charge in [0.25, 0.3) is 5.91 Å². The van der Waals surface area contributed by atoms with Crippen LogP contribution in [-0.2, 0) is 0 Å². The third kappa shape index (κ3) is 3.92. The van der Waals surface area contributed by atoms with Crippen molar-refractivity contribution in [2.24, 2.45) is 0 Å². The van der Waals surface area contributed by atoms with E-state index in [0.29, 0.717) is 16.4 Å². The Morgan fingerprint density at radius 2 is 1.68 bits per heavy atom. The number of nitrogens with zero attached hydrogens (tertiary/aromatic N) is 1. The summed E-state index contributed by atoms with van der Waals surface area (Å²) in [6.45, 7) is 0. The lowest BCUT2D eigenvalue weighted by atomic mass is 10.2. The van der Waals surface area contributed by atoms with E-state index < -0.39 is 23.2 Å². The van der Waals surface area contributed by atoms with Crippen LogP contribution in [0.2, 0.25) is 5.02 Å². The molecule has 0 spiro atoms. The standard InChI is InChI=1S/C18H12ClF2N3O/c19-12-4-1-2-7-15(12)23-11-8-9-16(22-10-11)18(25)24-17-13(20)5-3-6-14(17)21/h1-10,23H,(H,24,25). The summed E-state index contributed by atoms with van der Waals surface area (Å²) < 4.78 is 27.1.